The van der Waals surface area contributed by atoms with Crippen LogP contribution < -0.4 is 9.47 Å². The van der Waals surface area contributed by atoms with Crippen LogP contribution in [0.4, 0.5) is 0 Å². The summed E-state index contributed by atoms with van der Waals surface area (Å²) in [6.07, 6.45) is 3.34. The third kappa shape index (κ3) is 9.60. The number of aryl methyl sites for hydroxylation is 1. The molecule has 1 rings (SSSR count). The maximum Gasteiger partial charge on any atom is 0.300 e. The van der Waals surface area contributed by atoms with Gasteiger partial charge in [0.15, 0.2) is 28.1 Å². The Morgan fingerprint density at radius 2 is 1.36 bits per heavy atom. The van der Waals surface area contributed by atoms with Gasteiger partial charge in [0, 0.05) is 0 Å². The second kappa shape index (κ2) is 9.92. The summed E-state index contributed by atoms with van der Waals surface area (Å²) in [5.74, 6) is 1.59. The molecule has 0 saturated heterocycles. The first-order valence-corrected chi connectivity index (χ1v) is 17.7. The highest BCUT2D eigenvalue weighted by Crippen LogP contribution is 2.28. The fourth-order valence-electron chi connectivity index (χ4n) is 2.61. The zero-order valence-electron chi connectivity index (χ0n) is 17.3. The number of unbranched alkanes of at least 4 members (excludes halogenated alkanes) is 1. The topological polar surface area (TPSA) is 36.9 Å². The van der Waals surface area contributed by atoms with Gasteiger partial charge in [-0.25, -0.2) is 0 Å². The van der Waals surface area contributed by atoms with Crippen LogP contribution in [0.15, 0.2) is 18.2 Å². The molecule has 1 aromatic rings. The minimum atomic E-state index is -1.56. The van der Waals surface area contributed by atoms with Gasteiger partial charge in [0.2, 0.25) is 0 Å². The van der Waals surface area contributed by atoms with E-state index in [0.717, 1.165) is 36.8 Å². The maximum absolute atomic E-state index is 6.39. The van der Waals surface area contributed by atoms with Crippen molar-refractivity contribution in [3.8, 4) is 11.5 Å². The van der Waals surface area contributed by atoms with Crippen molar-refractivity contribution >= 4 is 25.9 Å². The van der Waals surface area contributed by atoms with Crippen LogP contribution in [-0.2, 0) is 14.7 Å². The molecule has 0 bridgehead atoms. The summed E-state index contributed by atoms with van der Waals surface area (Å²) in [4.78, 5) is 0. The SMILES string of the molecule is COc1ccc(CCCC[SiH](O[Si](C)(C)C)O[Si](C)(C)C)cc1OC. The lowest BCUT2D eigenvalue weighted by molar-refractivity contribution is 0.354. The highest BCUT2D eigenvalue weighted by atomic mass is 28.4. The molecule has 0 spiro atoms. The van der Waals surface area contributed by atoms with Crippen molar-refractivity contribution in [3.63, 3.8) is 0 Å². The average molecular weight is 401 g/mol. The highest BCUT2D eigenvalue weighted by Gasteiger charge is 2.28. The van der Waals surface area contributed by atoms with Gasteiger partial charge in [-0.05, 0) is 75.9 Å². The van der Waals surface area contributed by atoms with E-state index in [1.807, 2.05) is 6.07 Å². The molecule has 0 aliphatic carbocycles. The van der Waals surface area contributed by atoms with E-state index in [-0.39, 0.29) is 0 Å². The number of benzene rings is 1. The molecule has 0 atom stereocenters. The Kier molecular flexibility index (Phi) is 8.90. The van der Waals surface area contributed by atoms with Gasteiger partial charge in [-0.2, -0.15) is 0 Å². The highest BCUT2D eigenvalue weighted by molar-refractivity contribution is 6.81. The molecule has 4 nitrogen and oxygen atoms in total. The van der Waals surface area contributed by atoms with Crippen LogP contribution >= 0.6 is 0 Å². The molecule has 7 heteroatoms. The quantitative estimate of drug-likeness (QED) is 0.389. The molecule has 0 saturated carbocycles. The summed E-state index contributed by atoms with van der Waals surface area (Å²) >= 11 is 0. The maximum atomic E-state index is 6.39. The molecule has 0 N–H and O–H groups in total. The Hall–Kier alpha value is -0.609. The predicted octanol–water partition coefficient (Wildman–Crippen LogP) is 4.95. The van der Waals surface area contributed by atoms with Gasteiger partial charge in [0.25, 0.3) is 0 Å². The molecule has 0 aliphatic heterocycles. The van der Waals surface area contributed by atoms with Crippen molar-refractivity contribution in [2.75, 3.05) is 14.2 Å². The van der Waals surface area contributed by atoms with E-state index in [1.54, 1.807) is 14.2 Å². The molecular weight excluding hydrogens is 364 g/mol. The molecule has 0 aromatic heterocycles. The standard InChI is InChI=1S/C18H36O4Si3/c1-19-17-13-12-16(15-18(17)20-2)11-9-10-14-23(21-24(3,4)5)22-25(6,7)8/h12-13,15,23H,9-11,14H2,1-8H3. The van der Waals surface area contributed by atoms with Gasteiger partial charge < -0.3 is 17.7 Å². The Morgan fingerprint density at radius 1 is 0.800 bits per heavy atom. The van der Waals surface area contributed by atoms with E-state index in [0.29, 0.717) is 0 Å². The first-order chi connectivity index (χ1) is 11.5. The minimum absolute atomic E-state index is 0.783. The first kappa shape index (κ1) is 22.4. The van der Waals surface area contributed by atoms with E-state index >= 15 is 0 Å². The van der Waals surface area contributed by atoms with E-state index in [2.05, 4.69) is 51.4 Å². The fraction of sp³-hybridized carbons (Fsp3) is 0.667. The van der Waals surface area contributed by atoms with Crippen molar-refractivity contribution in [2.45, 2.75) is 64.6 Å². The third-order valence-corrected chi connectivity index (χ3v) is 12.2. The smallest absolute Gasteiger partial charge is 0.300 e. The Morgan fingerprint density at radius 3 is 1.84 bits per heavy atom. The van der Waals surface area contributed by atoms with Gasteiger partial charge in [0.1, 0.15) is 0 Å². The molecule has 0 heterocycles. The summed E-state index contributed by atoms with van der Waals surface area (Å²) in [5.41, 5.74) is 1.29. The summed E-state index contributed by atoms with van der Waals surface area (Å²) < 4.78 is 23.5. The van der Waals surface area contributed by atoms with E-state index in [4.69, 9.17) is 17.7 Å². The van der Waals surface area contributed by atoms with Crippen molar-refractivity contribution in [3.05, 3.63) is 23.8 Å². The largest absolute Gasteiger partial charge is 0.493 e. The second-order valence-corrected chi connectivity index (χ2v) is 20.1. The molecule has 0 aliphatic rings. The average Bonchev–Trinajstić information content (AvgIpc) is 2.48. The Labute approximate surface area is 157 Å². The molecule has 1 aromatic carbocycles. The summed E-state index contributed by atoms with van der Waals surface area (Å²) in [6, 6.07) is 7.27. The van der Waals surface area contributed by atoms with Gasteiger partial charge in [-0.3, -0.25) is 0 Å². The lowest BCUT2D eigenvalue weighted by Gasteiger charge is -2.30. The number of methoxy groups -OCH3 is 2. The number of hydrogen-bond acceptors (Lipinski definition) is 4. The lowest BCUT2D eigenvalue weighted by Crippen LogP contribution is -2.43. The second-order valence-electron chi connectivity index (χ2n) is 8.33. The normalized spacial score (nSPS) is 12.5. The van der Waals surface area contributed by atoms with Crippen molar-refractivity contribution in [2.24, 2.45) is 0 Å². The van der Waals surface area contributed by atoms with Crippen LogP contribution in [0.5, 0.6) is 11.5 Å². The molecule has 0 radical (unpaired) electrons. The number of hydrogen-bond donors (Lipinski definition) is 0. The summed E-state index contributed by atoms with van der Waals surface area (Å²) in [6.45, 7) is 13.5. The minimum Gasteiger partial charge on any atom is -0.493 e. The van der Waals surface area contributed by atoms with Crippen LogP contribution in [0.25, 0.3) is 0 Å². The zero-order valence-corrected chi connectivity index (χ0v) is 20.4. The first-order valence-electron chi connectivity index (χ1n) is 9.10. The molecule has 0 unspecified atom stereocenters. The fourth-order valence-corrected chi connectivity index (χ4v) is 11.1. The van der Waals surface area contributed by atoms with Crippen LogP contribution in [0.1, 0.15) is 18.4 Å². The van der Waals surface area contributed by atoms with E-state index < -0.39 is 25.9 Å². The molecule has 25 heavy (non-hydrogen) atoms. The summed E-state index contributed by atoms with van der Waals surface area (Å²) in [7, 11) is -1.29. The molecule has 0 fully saturated rings. The Bertz CT molecular complexity index is 508. The van der Waals surface area contributed by atoms with Crippen LogP contribution in [0.3, 0.4) is 0 Å². The van der Waals surface area contributed by atoms with Crippen molar-refractivity contribution in [1.82, 2.24) is 0 Å². The van der Waals surface area contributed by atoms with Gasteiger partial charge in [-0.1, -0.05) is 12.5 Å². The molecule has 0 amide bonds. The van der Waals surface area contributed by atoms with Gasteiger partial charge in [-0.15, -0.1) is 0 Å². The zero-order chi connectivity index (χ0) is 19.1. The summed E-state index contributed by atoms with van der Waals surface area (Å²) in [5, 5.41) is 0. The number of rotatable bonds is 11. The third-order valence-electron chi connectivity index (χ3n) is 3.57. The van der Waals surface area contributed by atoms with Crippen molar-refractivity contribution < 1.29 is 17.7 Å². The predicted molar refractivity (Wildman–Crippen MR) is 113 cm³/mol. The van der Waals surface area contributed by atoms with Crippen LogP contribution in [0, 0.1) is 0 Å². The van der Waals surface area contributed by atoms with E-state index in [1.165, 1.54) is 5.56 Å². The van der Waals surface area contributed by atoms with Crippen LogP contribution in [-0.4, -0.2) is 40.1 Å². The monoisotopic (exact) mass is 400 g/mol. The van der Waals surface area contributed by atoms with Gasteiger partial charge >= 0.3 is 9.28 Å². The van der Waals surface area contributed by atoms with Crippen LogP contribution in [0.2, 0.25) is 45.3 Å². The molecule has 144 valence electrons. The molecular formula is C18H36O4Si3. The Balaban J connectivity index is 2.53. The van der Waals surface area contributed by atoms with Gasteiger partial charge in [0.05, 0.1) is 14.2 Å². The number of ether oxygens (including phenoxy) is 2. The van der Waals surface area contributed by atoms with E-state index in [9.17, 15) is 0 Å². The lowest BCUT2D eigenvalue weighted by atomic mass is 10.1. The van der Waals surface area contributed by atoms with Crippen molar-refractivity contribution in [1.29, 1.82) is 0 Å².